The second-order valence-electron chi connectivity index (χ2n) is 9.85. The fourth-order valence-electron chi connectivity index (χ4n) is 4.06. The number of carbonyl (C=O) groups is 2. The zero-order valence-corrected chi connectivity index (χ0v) is 23.8. The molecule has 0 aliphatic rings. The number of hydrogen-bond acceptors (Lipinski definition) is 6. The summed E-state index contributed by atoms with van der Waals surface area (Å²) in [6.07, 6.45) is 11.2. The normalized spacial score (nSPS) is 10.8. The van der Waals surface area contributed by atoms with Crippen LogP contribution < -0.4 is 9.47 Å². The lowest BCUT2D eigenvalue weighted by atomic mass is 10.1. The fraction of sp³-hybridized carbons (Fsp3) is 0.194. The molecule has 0 amide bonds. The van der Waals surface area contributed by atoms with Gasteiger partial charge < -0.3 is 14.2 Å². The molecule has 0 saturated heterocycles. The van der Waals surface area contributed by atoms with Crippen LogP contribution in [0.2, 0.25) is 0 Å². The number of aromatic nitrogens is 1. The van der Waals surface area contributed by atoms with Gasteiger partial charge in [-0.3, -0.25) is 4.98 Å². The fourth-order valence-corrected chi connectivity index (χ4v) is 4.06. The zero-order chi connectivity index (χ0) is 29.6. The van der Waals surface area contributed by atoms with E-state index < -0.39 is 5.97 Å². The molecule has 0 N–H and O–H groups in total. The number of benzene rings is 3. The monoisotopic (exact) mass is 561 g/mol. The molecule has 0 aliphatic carbocycles. The van der Waals surface area contributed by atoms with Crippen molar-refractivity contribution in [3.05, 3.63) is 126 Å². The highest BCUT2D eigenvalue weighted by atomic mass is 16.5. The van der Waals surface area contributed by atoms with Crippen LogP contribution in [0.1, 0.15) is 54.1 Å². The molecular weight excluding hydrogens is 526 g/mol. The number of hydrogen-bond donors (Lipinski definition) is 0. The quantitative estimate of drug-likeness (QED) is 0.0669. The van der Waals surface area contributed by atoms with Gasteiger partial charge in [-0.05, 0) is 103 Å². The van der Waals surface area contributed by atoms with Gasteiger partial charge in [-0.25, -0.2) is 9.59 Å². The van der Waals surface area contributed by atoms with Crippen LogP contribution in [0.5, 0.6) is 11.5 Å². The lowest BCUT2D eigenvalue weighted by Crippen LogP contribution is -2.08. The molecule has 4 aromatic rings. The SMILES string of the molecule is C=C(C)C(=O)OCCCCCCOc1ccc(-c2ccc(OC(=O)c3ccc(C=Cc4ccncc4)cc3)cc2)cc1. The van der Waals surface area contributed by atoms with Crippen molar-refractivity contribution >= 4 is 24.1 Å². The Morgan fingerprint density at radius 1 is 0.690 bits per heavy atom. The maximum absolute atomic E-state index is 12.6. The number of unbranched alkanes of at least 4 members (excludes halogenated alkanes) is 3. The molecule has 3 aromatic carbocycles. The van der Waals surface area contributed by atoms with Crippen LogP contribution >= 0.6 is 0 Å². The summed E-state index contributed by atoms with van der Waals surface area (Å²) in [6.45, 7) is 6.28. The van der Waals surface area contributed by atoms with E-state index in [1.165, 1.54) is 0 Å². The Bertz CT molecular complexity index is 1480. The number of esters is 2. The van der Waals surface area contributed by atoms with Crippen molar-refractivity contribution in [1.29, 1.82) is 0 Å². The maximum atomic E-state index is 12.6. The van der Waals surface area contributed by atoms with Gasteiger partial charge in [0.2, 0.25) is 0 Å². The van der Waals surface area contributed by atoms with E-state index in [-0.39, 0.29) is 5.97 Å². The van der Waals surface area contributed by atoms with E-state index in [2.05, 4.69) is 11.6 Å². The molecule has 1 aromatic heterocycles. The van der Waals surface area contributed by atoms with Gasteiger partial charge in [-0.1, -0.05) is 55.1 Å². The lowest BCUT2D eigenvalue weighted by molar-refractivity contribution is -0.139. The van der Waals surface area contributed by atoms with Crippen molar-refractivity contribution in [2.45, 2.75) is 32.6 Å². The molecule has 6 nitrogen and oxygen atoms in total. The summed E-state index contributed by atoms with van der Waals surface area (Å²) >= 11 is 0. The standard InChI is InChI=1S/C36H35NO5/c1-27(2)35(38)41-26-6-4-3-5-25-40-33-17-13-30(14-18-33)31-15-19-34(20-16-31)42-36(39)32-11-9-28(10-12-32)7-8-29-21-23-37-24-22-29/h7-24H,1,3-6,25-26H2,2H3. The zero-order valence-electron chi connectivity index (χ0n) is 23.8. The molecule has 42 heavy (non-hydrogen) atoms. The van der Waals surface area contributed by atoms with Gasteiger partial charge in [-0.2, -0.15) is 0 Å². The minimum atomic E-state index is -0.403. The molecule has 0 saturated carbocycles. The van der Waals surface area contributed by atoms with Crippen LogP contribution in [0.3, 0.4) is 0 Å². The van der Waals surface area contributed by atoms with Crippen molar-refractivity contribution in [2.24, 2.45) is 0 Å². The van der Waals surface area contributed by atoms with E-state index >= 15 is 0 Å². The Labute approximate surface area is 247 Å². The molecule has 0 spiro atoms. The molecule has 0 fully saturated rings. The summed E-state index contributed by atoms with van der Waals surface area (Å²) in [4.78, 5) is 28.0. The van der Waals surface area contributed by atoms with Crippen LogP contribution in [0.15, 0.2) is 109 Å². The molecule has 6 heteroatoms. The van der Waals surface area contributed by atoms with E-state index in [1.807, 2.05) is 72.8 Å². The second-order valence-corrected chi connectivity index (χ2v) is 9.85. The molecule has 214 valence electrons. The Kier molecular flexibility index (Phi) is 11.2. The predicted octanol–water partition coefficient (Wildman–Crippen LogP) is 8.20. The smallest absolute Gasteiger partial charge is 0.343 e. The molecule has 0 aliphatic heterocycles. The Morgan fingerprint density at radius 2 is 1.24 bits per heavy atom. The van der Waals surface area contributed by atoms with Crippen molar-refractivity contribution in [2.75, 3.05) is 13.2 Å². The summed E-state index contributed by atoms with van der Waals surface area (Å²) in [7, 11) is 0. The third-order valence-corrected chi connectivity index (χ3v) is 6.46. The third kappa shape index (κ3) is 9.59. The van der Waals surface area contributed by atoms with Gasteiger partial charge in [-0.15, -0.1) is 0 Å². The van der Waals surface area contributed by atoms with Crippen molar-refractivity contribution in [3.63, 3.8) is 0 Å². The largest absolute Gasteiger partial charge is 0.494 e. The van der Waals surface area contributed by atoms with Crippen molar-refractivity contribution < 1.29 is 23.8 Å². The number of pyridine rings is 1. The van der Waals surface area contributed by atoms with Crippen LogP contribution in [-0.4, -0.2) is 30.1 Å². The number of carbonyl (C=O) groups excluding carboxylic acids is 2. The highest BCUT2D eigenvalue weighted by Crippen LogP contribution is 2.25. The Hall–Kier alpha value is -4.97. The molecule has 4 rings (SSSR count). The number of nitrogens with zero attached hydrogens (tertiary/aromatic N) is 1. The molecule has 0 unspecified atom stereocenters. The minimum absolute atomic E-state index is 0.329. The Balaban J connectivity index is 1.18. The van der Waals surface area contributed by atoms with E-state index in [4.69, 9.17) is 14.2 Å². The van der Waals surface area contributed by atoms with Crippen molar-refractivity contribution in [3.8, 4) is 22.6 Å². The van der Waals surface area contributed by atoms with Crippen LogP contribution in [0, 0.1) is 0 Å². The summed E-state index contributed by atoms with van der Waals surface area (Å²) in [5.74, 6) is 0.572. The van der Waals surface area contributed by atoms with E-state index in [9.17, 15) is 9.59 Å². The first-order chi connectivity index (χ1) is 20.5. The van der Waals surface area contributed by atoms with Gasteiger partial charge in [0.05, 0.1) is 18.8 Å². The molecule has 0 bridgehead atoms. The Morgan fingerprint density at radius 3 is 1.83 bits per heavy atom. The number of ether oxygens (including phenoxy) is 3. The van der Waals surface area contributed by atoms with Gasteiger partial charge in [0.25, 0.3) is 0 Å². The molecule has 0 radical (unpaired) electrons. The summed E-state index contributed by atoms with van der Waals surface area (Å²) in [6, 6.07) is 26.5. The van der Waals surface area contributed by atoms with Gasteiger partial charge in [0.15, 0.2) is 0 Å². The number of rotatable bonds is 14. The maximum Gasteiger partial charge on any atom is 0.343 e. The molecule has 1 heterocycles. The lowest BCUT2D eigenvalue weighted by Gasteiger charge is -2.09. The van der Waals surface area contributed by atoms with Gasteiger partial charge >= 0.3 is 11.9 Å². The van der Waals surface area contributed by atoms with Crippen LogP contribution in [0.25, 0.3) is 23.3 Å². The topological polar surface area (TPSA) is 74.7 Å². The summed E-state index contributed by atoms with van der Waals surface area (Å²) < 4.78 is 16.5. The third-order valence-electron chi connectivity index (χ3n) is 6.46. The average molecular weight is 562 g/mol. The van der Waals surface area contributed by atoms with E-state index in [0.29, 0.717) is 30.1 Å². The molecular formula is C36H35NO5. The van der Waals surface area contributed by atoms with Crippen molar-refractivity contribution in [1.82, 2.24) is 4.98 Å². The van der Waals surface area contributed by atoms with Gasteiger partial charge in [0.1, 0.15) is 11.5 Å². The predicted molar refractivity (Wildman–Crippen MR) is 166 cm³/mol. The van der Waals surface area contributed by atoms with Crippen LogP contribution in [-0.2, 0) is 9.53 Å². The minimum Gasteiger partial charge on any atom is -0.494 e. The van der Waals surface area contributed by atoms with E-state index in [1.54, 1.807) is 43.6 Å². The first-order valence-corrected chi connectivity index (χ1v) is 14.0. The first kappa shape index (κ1) is 30.0. The highest BCUT2D eigenvalue weighted by molar-refractivity contribution is 5.91. The second kappa shape index (κ2) is 15.7. The van der Waals surface area contributed by atoms with Gasteiger partial charge in [0, 0.05) is 18.0 Å². The molecule has 0 atom stereocenters. The summed E-state index contributed by atoms with van der Waals surface area (Å²) in [5, 5.41) is 0. The van der Waals surface area contributed by atoms with E-state index in [0.717, 1.165) is 53.7 Å². The summed E-state index contributed by atoms with van der Waals surface area (Å²) in [5.41, 5.74) is 5.01. The average Bonchev–Trinajstić information content (AvgIpc) is 3.02. The van der Waals surface area contributed by atoms with Crippen LogP contribution in [0.4, 0.5) is 0 Å². The highest BCUT2D eigenvalue weighted by Gasteiger charge is 2.09. The first-order valence-electron chi connectivity index (χ1n) is 14.0.